The van der Waals surface area contributed by atoms with Crippen molar-refractivity contribution in [3.05, 3.63) is 106 Å². The number of amidine groups is 1. The highest BCUT2D eigenvalue weighted by atomic mass is 35.5. The third kappa shape index (κ3) is 3.30. The molecule has 7 heteroatoms. The summed E-state index contributed by atoms with van der Waals surface area (Å²) in [4.78, 5) is 6.81. The quantitative estimate of drug-likeness (QED) is 0.506. The molecule has 31 heavy (non-hydrogen) atoms. The maximum absolute atomic E-state index is 12.9. The summed E-state index contributed by atoms with van der Waals surface area (Å²) in [6.45, 7) is 1.47. The Kier molecular flexibility index (Phi) is 4.79. The second-order valence-corrected chi connectivity index (χ2v) is 7.97. The van der Waals surface area contributed by atoms with Gasteiger partial charge in [-0.2, -0.15) is 13.2 Å². The van der Waals surface area contributed by atoms with Crippen LogP contribution in [-0.2, 0) is 23.2 Å². The van der Waals surface area contributed by atoms with Crippen molar-refractivity contribution in [1.82, 2.24) is 4.90 Å². The summed E-state index contributed by atoms with van der Waals surface area (Å²) in [5.74, 6) is 0.873. The summed E-state index contributed by atoms with van der Waals surface area (Å²) < 4.78 is 45.3. The van der Waals surface area contributed by atoms with Crippen molar-refractivity contribution in [2.75, 3.05) is 13.1 Å². The average molecular weight is 443 g/mol. The number of halogens is 4. The van der Waals surface area contributed by atoms with E-state index in [4.69, 9.17) is 16.3 Å². The lowest BCUT2D eigenvalue weighted by atomic mass is 9.93. The van der Waals surface area contributed by atoms with Crippen molar-refractivity contribution < 1.29 is 17.9 Å². The minimum Gasteiger partial charge on any atom is -0.342 e. The fraction of sp³-hybridized carbons (Fsp3) is 0.208. The van der Waals surface area contributed by atoms with Crippen LogP contribution < -0.4 is 0 Å². The number of hydrogen-bond donors (Lipinski definition) is 0. The van der Waals surface area contributed by atoms with E-state index in [-0.39, 0.29) is 6.61 Å². The lowest BCUT2D eigenvalue weighted by molar-refractivity contribution is -0.137. The van der Waals surface area contributed by atoms with Crippen LogP contribution >= 0.6 is 11.6 Å². The average Bonchev–Trinajstić information content (AvgIpc) is 3.34. The summed E-state index contributed by atoms with van der Waals surface area (Å²) in [6.07, 6.45) is -4.37. The van der Waals surface area contributed by atoms with Gasteiger partial charge in [-0.05, 0) is 29.8 Å². The summed E-state index contributed by atoms with van der Waals surface area (Å²) >= 11 is 6.13. The lowest BCUT2D eigenvalue weighted by Crippen LogP contribution is -2.46. The molecule has 0 saturated carbocycles. The highest BCUT2D eigenvalue weighted by Gasteiger charge is 2.52. The molecule has 0 fully saturated rings. The second kappa shape index (κ2) is 7.39. The van der Waals surface area contributed by atoms with Crippen LogP contribution in [0.5, 0.6) is 0 Å². The minimum absolute atomic E-state index is 0.138. The van der Waals surface area contributed by atoms with Gasteiger partial charge in [-0.1, -0.05) is 60.1 Å². The van der Waals surface area contributed by atoms with Gasteiger partial charge in [-0.3, -0.25) is 4.99 Å². The van der Waals surface area contributed by atoms with E-state index in [0.29, 0.717) is 23.7 Å². The maximum Gasteiger partial charge on any atom is 0.416 e. The molecule has 3 aromatic carbocycles. The van der Waals surface area contributed by atoms with Gasteiger partial charge < -0.3 is 9.64 Å². The number of hydrogen-bond acceptors (Lipinski definition) is 3. The van der Waals surface area contributed by atoms with Crippen LogP contribution in [-0.4, -0.2) is 23.8 Å². The summed E-state index contributed by atoms with van der Waals surface area (Å²) in [7, 11) is 0. The molecular formula is C24H18ClF3N2O. The van der Waals surface area contributed by atoms with Gasteiger partial charge >= 0.3 is 6.18 Å². The number of benzene rings is 3. The Morgan fingerprint density at radius 2 is 1.68 bits per heavy atom. The normalized spacial score (nSPS) is 19.9. The third-order valence-corrected chi connectivity index (χ3v) is 5.97. The van der Waals surface area contributed by atoms with Crippen LogP contribution in [0.1, 0.15) is 27.8 Å². The molecule has 0 amide bonds. The Morgan fingerprint density at radius 1 is 0.968 bits per heavy atom. The van der Waals surface area contributed by atoms with E-state index >= 15 is 0 Å². The Bertz CT molecular complexity index is 1140. The van der Waals surface area contributed by atoms with Gasteiger partial charge in [0.15, 0.2) is 5.72 Å². The molecule has 2 heterocycles. The van der Waals surface area contributed by atoms with Gasteiger partial charge in [0.25, 0.3) is 0 Å². The predicted molar refractivity (Wildman–Crippen MR) is 113 cm³/mol. The SMILES string of the molecule is FC(F)(F)c1ccc(COC2(c3ccc(Cl)cc3)c3ccccc3C3=NCCN32)cc1. The molecule has 2 aliphatic rings. The monoisotopic (exact) mass is 442 g/mol. The fourth-order valence-corrected chi connectivity index (χ4v) is 4.43. The van der Waals surface area contributed by atoms with Crippen LogP contribution in [0.15, 0.2) is 77.8 Å². The molecular weight excluding hydrogens is 425 g/mol. The maximum atomic E-state index is 12.9. The third-order valence-electron chi connectivity index (χ3n) is 5.72. The molecule has 0 saturated heterocycles. The largest absolute Gasteiger partial charge is 0.416 e. The summed E-state index contributed by atoms with van der Waals surface area (Å²) in [5, 5.41) is 0.614. The zero-order chi connectivity index (χ0) is 21.6. The molecule has 3 nitrogen and oxygen atoms in total. The topological polar surface area (TPSA) is 24.8 Å². The molecule has 3 aromatic rings. The van der Waals surface area contributed by atoms with E-state index in [1.165, 1.54) is 12.1 Å². The van der Waals surface area contributed by atoms with Crippen molar-refractivity contribution in [1.29, 1.82) is 0 Å². The van der Waals surface area contributed by atoms with Gasteiger partial charge in [0.05, 0.1) is 18.7 Å². The van der Waals surface area contributed by atoms with E-state index < -0.39 is 17.5 Å². The first-order valence-corrected chi connectivity index (χ1v) is 10.3. The molecule has 0 radical (unpaired) electrons. The number of nitrogens with zero attached hydrogens (tertiary/aromatic N) is 2. The van der Waals surface area contributed by atoms with Gasteiger partial charge in [0, 0.05) is 28.3 Å². The highest BCUT2D eigenvalue weighted by molar-refractivity contribution is 6.30. The lowest BCUT2D eigenvalue weighted by Gasteiger charge is -2.39. The Morgan fingerprint density at radius 3 is 2.39 bits per heavy atom. The zero-order valence-electron chi connectivity index (χ0n) is 16.4. The molecule has 1 unspecified atom stereocenters. The molecule has 0 N–H and O–H groups in total. The molecule has 0 bridgehead atoms. The molecule has 1 atom stereocenters. The van der Waals surface area contributed by atoms with Gasteiger partial charge in [0.2, 0.25) is 0 Å². The van der Waals surface area contributed by atoms with E-state index in [1.807, 2.05) is 48.5 Å². The van der Waals surface area contributed by atoms with Gasteiger partial charge in [-0.15, -0.1) is 0 Å². The van der Waals surface area contributed by atoms with Crippen molar-refractivity contribution in [3.8, 4) is 0 Å². The van der Waals surface area contributed by atoms with Crippen molar-refractivity contribution in [2.24, 2.45) is 4.99 Å². The molecule has 0 aromatic heterocycles. The molecule has 158 valence electrons. The molecule has 0 spiro atoms. The Labute approximate surface area is 182 Å². The van der Waals surface area contributed by atoms with Gasteiger partial charge in [0.1, 0.15) is 5.84 Å². The number of fused-ring (bicyclic) bond motifs is 3. The van der Waals surface area contributed by atoms with Crippen LogP contribution in [0.3, 0.4) is 0 Å². The zero-order valence-corrected chi connectivity index (χ0v) is 17.1. The number of alkyl halides is 3. The van der Waals surface area contributed by atoms with E-state index in [1.54, 1.807) is 0 Å². The Hall–Kier alpha value is -2.83. The minimum atomic E-state index is -4.37. The molecule has 2 aliphatic heterocycles. The highest BCUT2D eigenvalue weighted by Crippen LogP contribution is 2.47. The summed E-state index contributed by atoms with van der Waals surface area (Å²) in [5.41, 5.74) is 1.90. The second-order valence-electron chi connectivity index (χ2n) is 7.54. The van der Waals surface area contributed by atoms with Crippen LogP contribution in [0.4, 0.5) is 13.2 Å². The van der Waals surface area contributed by atoms with Crippen molar-refractivity contribution in [3.63, 3.8) is 0 Å². The first kappa shape index (κ1) is 20.1. The van der Waals surface area contributed by atoms with E-state index in [2.05, 4.69) is 9.89 Å². The number of aliphatic imine (C=N–C) groups is 1. The van der Waals surface area contributed by atoms with Crippen LogP contribution in [0.2, 0.25) is 5.02 Å². The number of rotatable bonds is 4. The number of ether oxygens (including phenoxy) is 1. The van der Waals surface area contributed by atoms with E-state index in [9.17, 15) is 13.2 Å². The van der Waals surface area contributed by atoms with Crippen LogP contribution in [0, 0.1) is 0 Å². The van der Waals surface area contributed by atoms with Crippen LogP contribution in [0.25, 0.3) is 0 Å². The molecule has 0 aliphatic carbocycles. The van der Waals surface area contributed by atoms with Gasteiger partial charge in [-0.25, -0.2) is 0 Å². The standard InChI is InChI=1S/C24H18ClF3N2O/c25-19-11-9-17(10-12-19)23(31-15-16-5-7-18(8-6-16)24(26,27)28)21-4-2-1-3-20(21)22-29-13-14-30(22)23/h1-12H,13-15H2. The first-order chi connectivity index (χ1) is 14.9. The summed E-state index contributed by atoms with van der Waals surface area (Å²) in [6, 6.07) is 20.5. The Balaban J connectivity index is 1.57. The smallest absolute Gasteiger partial charge is 0.342 e. The predicted octanol–water partition coefficient (Wildman–Crippen LogP) is 5.85. The first-order valence-electron chi connectivity index (χ1n) is 9.88. The fourth-order valence-electron chi connectivity index (χ4n) is 4.31. The molecule has 5 rings (SSSR count). The van der Waals surface area contributed by atoms with E-state index in [0.717, 1.165) is 34.7 Å². The van der Waals surface area contributed by atoms with Crippen molar-refractivity contribution >= 4 is 17.4 Å². The van der Waals surface area contributed by atoms with Crippen molar-refractivity contribution in [2.45, 2.75) is 18.5 Å².